The number of aromatic nitrogens is 1. The van der Waals surface area contributed by atoms with Gasteiger partial charge in [0.2, 0.25) is 0 Å². The lowest BCUT2D eigenvalue weighted by molar-refractivity contribution is 0.198. The third kappa shape index (κ3) is 6.73. The quantitative estimate of drug-likeness (QED) is 0.374. The number of aryl methyl sites for hydroxylation is 2. The minimum absolute atomic E-state index is 0. The van der Waals surface area contributed by atoms with Gasteiger partial charge >= 0.3 is 0 Å². The molecule has 1 aliphatic rings. The van der Waals surface area contributed by atoms with Crippen molar-refractivity contribution in [2.24, 2.45) is 4.99 Å². The lowest BCUT2D eigenvalue weighted by atomic mass is 10.0. The summed E-state index contributed by atoms with van der Waals surface area (Å²) in [6.45, 7) is 8.19. The van der Waals surface area contributed by atoms with Gasteiger partial charge in [-0.2, -0.15) is 0 Å². The second-order valence-electron chi connectivity index (χ2n) is 6.85. The topological polar surface area (TPSA) is 52.6 Å². The van der Waals surface area contributed by atoms with Crippen molar-refractivity contribution in [2.75, 3.05) is 20.1 Å². The fraction of sp³-hybridized carbons (Fsp3) is 0.500. The van der Waals surface area contributed by atoms with Gasteiger partial charge in [0.15, 0.2) is 5.96 Å². The van der Waals surface area contributed by atoms with Gasteiger partial charge in [0, 0.05) is 37.6 Å². The van der Waals surface area contributed by atoms with Gasteiger partial charge in [0.25, 0.3) is 0 Å². The lowest BCUT2D eigenvalue weighted by Crippen LogP contribution is -2.48. The number of hydrogen-bond donors (Lipinski definition) is 2. The summed E-state index contributed by atoms with van der Waals surface area (Å²) >= 11 is 1.75. The van der Waals surface area contributed by atoms with Gasteiger partial charge in [0.05, 0.1) is 17.2 Å². The highest BCUT2D eigenvalue weighted by atomic mass is 127. The molecule has 1 aromatic carbocycles. The van der Waals surface area contributed by atoms with Gasteiger partial charge < -0.3 is 10.6 Å². The molecule has 0 amide bonds. The van der Waals surface area contributed by atoms with Crippen LogP contribution in [0.15, 0.2) is 35.3 Å². The SMILES string of the molecule is CN=C(NCc1sc(C)nc1C)NC1CCN(Cc2ccccc2)CC1.I. The number of thiazole rings is 1. The zero-order valence-corrected chi connectivity index (χ0v) is 19.5. The Morgan fingerprint density at radius 3 is 2.52 bits per heavy atom. The van der Waals surface area contributed by atoms with Crippen molar-refractivity contribution in [1.82, 2.24) is 20.5 Å². The highest BCUT2D eigenvalue weighted by molar-refractivity contribution is 14.0. The number of halogens is 1. The van der Waals surface area contributed by atoms with Gasteiger partial charge in [-0.05, 0) is 32.3 Å². The Labute approximate surface area is 183 Å². The highest BCUT2D eigenvalue weighted by Crippen LogP contribution is 2.17. The van der Waals surface area contributed by atoms with Crippen LogP contribution in [-0.2, 0) is 13.1 Å². The number of guanidine groups is 1. The number of nitrogens with zero attached hydrogens (tertiary/aromatic N) is 3. The minimum atomic E-state index is 0. The van der Waals surface area contributed by atoms with Crippen molar-refractivity contribution in [3.05, 3.63) is 51.5 Å². The first-order valence-electron chi connectivity index (χ1n) is 9.30. The molecule has 2 heterocycles. The second kappa shape index (κ2) is 11.0. The first-order valence-corrected chi connectivity index (χ1v) is 10.1. The van der Waals surface area contributed by atoms with E-state index in [4.69, 9.17) is 0 Å². The predicted octanol–water partition coefficient (Wildman–Crippen LogP) is 3.71. The number of likely N-dealkylation sites (tertiary alicyclic amines) is 1. The molecule has 0 aliphatic carbocycles. The molecule has 7 heteroatoms. The van der Waals surface area contributed by atoms with Crippen molar-refractivity contribution >= 4 is 41.3 Å². The van der Waals surface area contributed by atoms with Crippen LogP contribution >= 0.6 is 35.3 Å². The Bertz CT molecular complexity index is 723. The van der Waals surface area contributed by atoms with E-state index in [1.54, 1.807) is 11.3 Å². The normalized spacial score (nSPS) is 16.0. The molecule has 0 unspecified atom stereocenters. The molecule has 1 fully saturated rings. The molecule has 0 radical (unpaired) electrons. The van der Waals surface area contributed by atoms with Gasteiger partial charge in [-0.25, -0.2) is 4.98 Å². The van der Waals surface area contributed by atoms with Crippen LogP contribution in [0.5, 0.6) is 0 Å². The van der Waals surface area contributed by atoms with E-state index in [9.17, 15) is 0 Å². The van der Waals surface area contributed by atoms with Crippen molar-refractivity contribution in [1.29, 1.82) is 0 Å². The molecule has 1 saturated heterocycles. The summed E-state index contributed by atoms with van der Waals surface area (Å²) in [4.78, 5) is 12.7. The van der Waals surface area contributed by atoms with E-state index in [2.05, 4.69) is 69.7 Å². The van der Waals surface area contributed by atoms with Crippen LogP contribution in [0.1, 0.15) is 34.0 Å². The average Bonchev–Trinajstić information content (AvgIpc) is 2.98. The number of piperidine rings is 1. The maximum Gasteiger partial charge on any atom is 0.191 e. The van der Waals surface area contributed by atoms with Crippen LogP contribution in [0.3, 0.4) is 0 Å². The minimum Gasteiger partial charge on any atom is -0.354 e. The third-order valence-corrected chi connectivity index (χ3v) is 5.89. The van der Waals surface area contributed by atoms with Crippen molar-refractivity contribution in [3.8, 4) is 0 Å². The Morgan fingerprint density at radius 2 is 1.93 bits per heavy atom. The molecule has 0 atom stereocenters. The molecule has 1 aromatic heterocycles. The molecule has 3 rings (SSSR count). The first kappa shape index (κ1) is 22.1. The summed E-state index contributed by atoms with van der Waals surface area (Å²) in [5.74, 6) is 0.886. The van der Waals surface area contributed by atoms with Crippen molar-refractivity contribution < 1.29 is 0 Å². The number of nitrogens with one attached hydrogen (secondary N) is 2. The maximum atomic E-state index is 4.49. The molecule has 5 nitrogen and oxygen atoms in total. The fourth-order valence-electron chi connectivity index (χ4n) is 3.37. The van der Waals surface area contributed by atoms with E-state index in [1.165, 1.54) is 10.4 Å². The Morgan fingerprint density at radius 1 is 1.22 bits per heavy atom. The molecule has 1 aliphatic heterocycles. The average molecular weight is 499 g/mol. The number of benzene rings is 1. The van der Waals surface area contributed by atoms with Crippen LogP contribution in [0.4, 0.5) is 0 Å². The zero-order valence-electron chi connectivity index (χ0n) is 16.4. The smallest absolute Gasteiger partial charge is 0.191 e. The van der Waals surface area contributed by atoms with Crippen LogP contribution in [0.2, 0.25) is 0 Å². The molecule has 0 saturated carbocycles. The molecule has 2 aromatic rings. The second-order valence-corrected chi connectivity index (χ2v) is 8.14. The van der Waals surface area contributed by atoms with Crippen LogP contribution in [-0.4, -0.2) is 42.0 Å². The maximum absolute atomic E-state index is 4.49. The van der Waals surface area contributed by atoms with E-state index in [1.807, 2.05) is 7.05 Å². The predicted molar refractivity (Wildman–Crippen MR) is 125 cm³/mol. The highest BCUT2D eigenvalue weighted by Gasteiger charge is 2.20. The lowest BCUT2D eigenvalue weighted by Gasteiger charge is -2.33. The van der Waals surface area contributed by atoms with E-state index in [-0.39, 0.29) is 24.0 Å². The number of aliphatic imine (C=N–C) groups is 1. The first-order chi connectivity index (χ1) is 12.6. The summed E-state index contributed by atoms with van der Waals surface area (Å²) in [7, 11) is 1.84. The molecular weight excluding hydrogens is 469 g/mol. The van der Waals surface area contributed by atoms with E-state index < -0.39 is 0 Å². The molecule has 0 spiro atoms. The van der Waals surface area contributed by atoms with Gasteiger partial charge in [0.1, 0.15) is 0 Å². The number of rotatable bonds is 5. The fourth-order valence-corrected chi connectivity index (χ4v) is 4.24. The van der Waals surface area contributed by atoms with Gasteiger partial charge in [-0.1, -0.05) is 30.3 Å². The monoisotopic (exact) mass is 499 g/mol. The standard InChI is InChI=1S/C20H29N5S.HI/c1-15-19(26-16(2)23-15)13-22-20(21-3)24-18-9-11-25(12-10-18)14-17-7-5-4-6-8-17;/h4-8,18H,9-14H2,1-3H3,(H2,21,22,24);1H. The molecule has 148 valence electrons. The third-order valence-electron chi connectivity index (χ3n) is 4.82. The van der Waals surface area contributed by atoms with Crippen LogP contribution < -0.4 is 10.6 Å². The Balaban J connectivity index is 0.00000261. The molecule has 27 heavy (non-hydrogen) atoms. The van der Waals surface area contributed by atoms with E-state index >= 15 is 0 Å². The Kier molecular flexibility index (Phi) is 8.98. The molecular formula is C20H30IN5S. The largest absolute Gasteiger partial charge is 0.354 e. The van der Waals surface area contributed by atoms with E-state index in [0.29, 0.717) is 6.04 Å². The zero-order chi connectivity index (χ0) is 18.4. The number of hydrogen-bond acceptors (Lipinski definition) is 4. The van der Waals surface area contributed by atoms with Crippen LogP contribution in [0.25, 0.3) is 0 Å². The summed E-state index contributed by atoms with van der Waals surface area (Å²) < 4.78 is 0. The van der Waals surface area contributed by atoms with Crippen molar-refractivity contribution in [3.63, 3.8) is 0 Å². The van der Waals surface area contributed by atoms with Crippen LogP contribution in [0, 0.1) is 13.8 Å². The van der Waals surface area contributed by atoms with E-state index in [0.717, 1.165) is 55.7 Å². The summed E-state index contributed by atoms with van der Waals surface area (Å²) in [5, 5.41) is 8.14. The van der Waals surface area contributed by atoms with Gasteiger partial charge in [-0.15, -0.1) is 35.3 Å². The summed E-state index contributed by atoms with van der Waals surface area (Å²) in [6.07, 6.45) is 2.29. The Hall–Kier alpha value is -1.19. The molecule has 0 bridgehead atoms. The van der Waals surface area contributed by atoms with Gasteiger partial charge in [-0.3, -0.25) is 9.89 Å². The molecule has 2 N–H and O–H groups in total. The summed E-state index contributed by atoms with van der Waals surface area (Å²) in [6, 6.07) is 11.2. The van der Waals surface area contributed by atoms with Crippen molar-refractivity contribution in [2.45, 2.75) is 45.8 Å². The summed E-state index contributed by atoms with van der Waals surface area (Å²) in [5.41, 5.74) is 2.51.